The second-order valence-electron chi connectivity index (χ2n) is 17.0. The smallest absolute Gasteiger partial charge is 0.153 e. The molecule has 6 aromatic carbocycles. The first-order valence-corrected chi connectivity index (χ1v) is 22.7. The van der Waals surface area contributed by atoms with E-state index in [1.165, 1.54) is 46.0 Å². The lowest BCUT2D eigenvalue weighted by Crippen LogP contribution is -1.93. The van der Waals surface area contributed by atoms with Gasteiger partial charge in [-0.2, -0.15) is 10.2 Å². The number of aromatic nitrogens is 10. The Kier molecular flexibility index (Phi) is 16.1. The molecular formula is C56H56N16. The summed E-state index contributed by atoms with van der Waals surface area (Å²) in [5, 5.41) is 25.3. The fourth-order valence-electron chi connectivity index (χ4n) is 7.44. The van der Waals surface area contributed by atoms with E-state index >= 15 is 0 Å². The Labute approximate surface area is 416 Å². The highest BCUT2D eigenvalue weighted by Gasteiger charge is 2.03. The van der Waals surface area contributed by atoms with Crippen LogP contribution < -0.4 is 34.4 Å². The zero-order chi connectivity index (χ0) is 51.3. The zero-order valence-electron chi connectivity index (χ0n) is 40.9. The average Bonchev–Trinajstić information content (AvgIpc) is 3.36. The van der Waals surface area contributed by atoms with E-state index in [0.29, 0.717) is 34.9 Å². The predicted molar refractivity (Wildman–Crippen MR) is 297 cm³/mol. The molecule has 0 saturated carbocycles. The summed E-state index contributed by atoms with van der Waals surface area (Å²) in [5.74, 6) is 3.29. The maximum atomic E-state index is 5.71. The molecule has 16 nitrogen and oxygen atoms in total. The normalized spacial score (nSPS) is 10.4. The largest absolute Gasteiger partial charge is 0.383 e. The summed E-state index contributed by atoms with van der Waals surface area (Å²) in [5.41, 5.74) is 43.0. The second-order valence-corrected chi connectivity index (χ2v) is 17.0. The van der Waals surface area contributed by atoms with E-state index in [2.05, 4.69) is 81.5 Å². The van der Waals surface area contributed by atoms with Crippen molar-refractivity contribution in [2.24, 2.45) is 0 Å². The second kappa shape index (κ2) is 23.1. The molecule has 0 bridgehead atoms. The number of hydrogen-bond donors (Lipinski definition) is 6. The van der Waals surface area contributed by atoms with Crippen molar-refractivity contribution in [1.29, 1.82) is 0 Å². The third-order valence-corrected chi connectivity index (χ3v) is 11.2. The van der Waals surface area contributed by atoms with E-state index in [4.69, 9.17) is 34.4 Å². The van der Waals surface area contributed by atoms with Gasteiger partial charge in [0.05, 0.1) is 23.4 Å². The van der Waals surface area contributed by atoms with E-state index in [1.54, 1.807) is 24.8 Å². The Morgan fingerprint density at radius 3 is 1.32 bits per heavy atom. The van der Waals surface area contributed by atoms with Crippen LogP contribution in [0.4, 0.5) is 34.9 Å². The van der Waals surface area contributed by atoms with E-state index in [-0.39, 0.29) is 0 Å². The highest BCUT2D eigenvalue weighted by atomic mass is 15.1. The number of pyridine rings is 2. The lowest BCUT2D eigenvalue weighted by Gasteiger charge is -2.00. The average molecular weight is 953 g/mol. The van der Waals surface area contributed by atoms with Crippen molar-refractivity contribution in [1.82, 2.24) is 50.3 Å². The summed E-state index contributed by atoms with van der Waals surface area (Å²) < 4.78 is 0. The minimum atomic E-state index is 0.493. The van der Waals surface area contributed by atoms with Crippen LogP contribution in [0.3, 0.4) is 0 Å². The highest BCUT2D eigenvalue weighted by Crippen LogP contribution is 2.23. The molecule has 0 spiro atoms. The summed E-state index contributed by atoms with van der Waals surface area (Å²) in [7, 11) is 0. The number of nitrogens with two attached hydrogens (primary N) is 6. The quantitative estimate of drug-likeness (QED) is 0.0824. The molecule has 72 heavy (non-hydrogen) atoms. The van der Waals surface area contributed by atoms with Crippen molar-refractivity contribution < 1.29 is 0 Å². The molecule has 12 rings (SSSR count). The molecule has 0 aliphatic carbocycles. The summed E-state index contributed by atoms with van der Waals surface area (Å²) in [6, 6.07) is 40.2. The summed E-state index contributed by atoms with van der Waals surface area (Å²) in [6.45, 7) is 12.2. The fourth-order valence-corrected chi connectivity index (χ4v) is 7.44. The molecule has 6 aromatic heterocycles. The van der Waals surface area contributed by atoms with Crippen molar-refractivity contribution >= 4 is 99.8 Å². The number of nitrogens with zero attached hydrogens (tertiary/aromatic N) is 10. The van der Waals surface area contributed by atoms with Gasteiger partial charge < -0.3 is 34.4 Å². The molecule has 0 saturated heterocycles. The molecule has 0 aliphatic heterocycles. The van der Waals surface area contributed by atoms with Crippen LogP contribution in [0, 0.1) is 41.5 Å². The Hall–Kier alpha value is -9.70. The van der Waals surface area contributed by atoms with Crippen molar-refractivity contribution in [3.05, 3.63) is 192 Å². The topological polar surface area (TPSA) is 285 Å². The summed E-state index contributed by atoms with van der Waals surface area (Å²) in [6.07, 6.45) is 9.86. The third kappa shape index (κ3) is 12.9. The highest BCUT2D eigenvalue weighted by molar-refractivity contribution is 5.93. The van der Waals surface area contributed by atoms with Gasteiger partial charge in [-0.25, -0.2) is 29.9 Å². The van der Waals surface area contributed by atoms with Gasteiger partial charge in [0.15, 0.2) is 11.6 Å². The molecule has 0 fully saturated rings. The standard InChI is InChI=1S/2C10H10N2.4C9H9N3/c1-7-2-3-9-8(6-7)4-5-12-10(9)11;1-7-2-3-8-4-5-12-10(11)9(8)6-7;1-6-2-3-8-7(4-6)9(10)12-5-11-8;1-6-2-3-8-7(4-6)5-11-12-9(8)10;1-6-2-3-7-8(4-6)11-5-12-9(7)10;1-6-2-3-7-5-11-12-9(10)8(7)4-6/h2*2-6H,1H3,(H2,11,12);2-5H,1H3,(H2,10,11,12);2-5H,1H3,(H2,10,12);2-5H,1H3,(H2,10,11,12);2-5H,1H3,(H2,10,12). The maximum Gasteiger partial charge on any atom is 0.153 e. The van der Waals surface area contributed by atoms with Crippen LogP contribution in [0.2, 0.25) is 0 Å². The number of nitrogen functional groups attached to an aromatic ring is 6. The molecule has 12 aromatic rings. The predicted octanol–water partition coefficient (Wildman–Crippen LogP) is 10.3. The van der Waals surface area contributed by atoms with E-state index in [0.717, 1.165) is 64.9 Å². The Morgan fingerprint density at radius 2 is 0.681 bits per heavy atom. The van der Waals surface area contributed by atoms with Gasteiger partial charge >= 0.3 is 0 Å². The van der Waals surface area contributed by atoms with Gasteiger partial charge in [0.2, 0.25) is 0 Å². The van der Waals surface area contributed by atoms with Gasteiger partial charge in [0, 0.05) is 55.5 Å². The van der Waals surface area contributed by atoms with Gasteiger partial charge in [-0.05, 0) is 112 Å². The van der Waals surface area contributed by atoms with Crippen LogP contribution in [0.15, 0.2) is 159 Å². The van der Waals surface area contributed by atoms with Gasteiger partial charge in [-0.3, -0.25) is 0 Å². The van der Waals surface area contributed by atoms with Crippen molar-refractivity contribution in [3.63, 3.8) is 0 Å². The Balaban J connectivity index is 0.000000127. The molecule has 0 radical (unpaired) electrons. The molecule has 6 heterocycles. The zero-order valence-corrected chi connectivity index (χ0v) is 40.9. The first kappa shape index (κ1) is 50.2. The van der Waals surface area contributed by atoms with Gasteiger partial charge in [0.1, 0.15) is 35.9 Å². The number of rotatable bonds is 0. The van der Waals surface area contributed by atoms with Crippen molar-refractivity contribution in [2.75, 3.05) is 34.4 Å². The van der Waals surface area contributed by atoms with Gasteiger partial charge in [-0.1, -0.05) is 94.5 Å². The van der Waals surface area contributed by atoms with Crippen LogP contribution in [0.25, 0.3) is 64.9 Å². The number of anilines is 6. The van der Waals surface area contributed by atoms with Crippen LogP contribution in [0.1, 0.15) is 33.4 Å². The van der Waals surface area contributed by atoms with E-state index < -0.39 is 0 Å². The monoisotopic (exact) mass is 952 g/mol. The summed E-state index contributed by atoms with van der Waals surface area (Å²) in [4.78, 5) is 24.1. The van der Waals surface area contributed by atoms with Crippen LogP contribution in [-0.4, -0.2) is 50.3 Å². The summed E-state index contributed by atoms with van der Waals surface area (Å²) >= 11 is 0. The molecule has 12 N–H and O–H groups in total. The number of aryl methyl sites for hydroxylation is 6. The number of fused-ring (bicyclic) bond motifs is 6. The first-order valence-electron chi connectivity index (χ1n) is 22.7. The van der Waals surface area contributed by atoms with E-state index in [1.807, 2.05) is 132 Å². The minimum absolute atomic E-state index is 0.493. The lowest BCUT2D eigenvalue weighted by atomic mass is 10.1. The lowest BCUT2D eigenvalue weighted by molar-refractivity contribution is 1.06. The van der Waals surface area contributed by atoms with Crippen molar-refractivity contribution in [3.8, 4) is 0 Å². The molecule has 0 amide bonds. The Bertz CT molecular complexity index is 3430. The van der Waals surface area contributed by atoms with Crippen molar-refractivity contribution in [2.45, 2.75) is 41.5 Å². The number of benzene rings is 6. The van der Waals surface area contributed by atoms with Crippen LogP contribution in [-0.2, 0) is 0 Å². The molecule has 360 valence electrons. The molecule has 0 aliphatic rings. The van der Waals surface area contributed by atoms with E-state index in [9.17, 15) is 0 Å². The fraction of sp³-hybridized carbons (Fsp3) is 0.107. The van der Waals surface area contributed by atoms with Crippen LogP contribution >= 0.6 is 0 Å². The SMILES string of the molecule is Cc1ccc2c(N)nccc2c1.Cc1ccc2c(N)ncnc2c1.Cc1ccc2c(N)nncc2c1.Cc1ccc2ccnc(N)c2c1.Cc1ccc2cnnc(N)c2c1.Cc1ccc2ncnc(N)c2c1. The molecule has 0 atom stereocenters. The Morgan fingerprint density at radius 1 is 0.278 bits per heavy atom. The first-order chi connectivity index (χ1) is 34.6. The molecule has 0 unspecified atom stereocenters. The minimum Gasteiger partial charge on any atom is -0.383 e. The van der Waals surface area contributed by atoms with Gasteiger partial charge in [-0.15, -0.1) is 10.2 Å². The maximum absolute atomic E-state index is 5.71. The van der Waals surface area contributed by atoms with Gasteiger partial charge in [0.25, 0.3) is 0 Å². The molecule has 16 heteroatoms. The molecular weight excluding hydrogens is 897 g/mol. The third-order valence-electron chi connectivity index (χ3n) is 11.2. The number of hydrogen-bond acceptors (Lipinski definition) is 16. The van der Waals surface area contributed by atoms with Crippen LogP contribution in [0.5, 0.6) is 0 Å².